The van der Waals surface area contributed by atoms with Crippen molar-refractivity contribution >= 4 is 19.0 Å². The molecular formula is C15H23NOSi. The van der Waals surface area contributed by atoms with Gasteiger partial charge in [-0.2, -0.15) is 0 Å². The fourth-order valence-corrected chi connectivity index (χ4v) is 2.81. The maximum absolute atomic E-state index is 5.84. The number of nitrogens with zero attached hydrogens (tertiary/aromatic N) is 1. The van der Waals surface area contributed by atoms with E-state index in [-0.39, 0.29) is 0 Å². The minimum Gasteiger partial charge on any atom is -0.361 e. The monoisotopic (exact) mass is 261 g/mol. The highest BCUT2D eigenvalue weighted by Crippen LogP contribution is 2.19. The number of ether oxygens (including phenoxy) is 1. The van der Waals surface area contributed by atoms with Crippen molar-refractivity contribution in [3.05, 3.63) is 36.0 Å². The summed E-state index contributed by atoms with van der Waals surface area (Å²) in [5.74, 6) is 0. The number of aromatic nitrogens is 1. The number of benzene rings is 1. The van der Waals surface area contributed by atoms with E-state index in [0.717, 1.165) is 6.61 Å². The van der Waals surface area contributed by atoms with Gasteiger partial charge in [-0.3, -0.25) is 0 Å². The second-order valence-electron chi connectivity index (χ2n) is 6.12. The lowest BCUT2D eigenvalue weighted by molar-refractivity contribution is 0.0890. The molecule has 18 heavy (non-hydrogen) atoms. The van der Waals surface area contributed by atoms with Crippen LogP contribution < -0.4 is 0 Å². The van der Waals surface area contributed by atoms with E-state index in [2.05, 4.69) is 61.5 Å². The van der Waals surface area contributed by atoms with Crippen LogP contribution >= 0.6 is 0 Å². The topological polar surface area (TPSA) is 14.2 Å². The molecule has 0 saturated carbocycles. The number of aryl methyl sites for hydroxylation is 1. The molecule has 0 aliphatic carbocycles. The Kier molecular flexibility index (Phi) is 3.93. The zero-order valence-electron chi connectivity index (χ0n) is 11.9. The molecule has 1 aromatic carbocycles. The van der Waals surface area contributed by atoms with Crippen molar-refractivity contribution in [2.24, 2.45) is 0 Å². The van der Waals surface area contributed by atoms with Gasteiger partial charge < -0.3 is 9.30 Å². The normalized spacial score (nSPS) is 12.2. The molecule has 2 rings (SSSR count). The molecular weight excluding hydrogens is 238 g/mol. The van der Waals surface area contributed by atoms with Gasteiger partial charge in [-0.05, 0) is 30.5 Å². The third kappa shape index (κ3) is 3.24. The van der Waals surface area contributed by atoms with Crippen LogP contribution in [0, 0.1) is 6.92 Å². The van der Waals surface area contributed by atoms with Gasteiger partial charge in [0.25, 0.3) is 0 Å². The number of rotatable bonds is 5. The maximum Gasteiger partial charge on any atom is 0.123 e. The first-order chi connectivity index (χ1) is 8.47. The van der Waals surface area contributed by atoms with Crippen molar-refractivity contribution in [2.75, 3.05) is 6.61 Å². The molecule has 1 aromatic heterocycles. The van der Waals surface area contributed by atoms with E-state index in [1.165, 1.54) is 22.6 Å². The molecule has 0 radical (unpaired) electrons. The van der Waals surface area contributed by atoms with Gasteiger partial charge in [-0.15, -0.1) is 0 Å². The fourth-order valence-electron chi connectivity index (χ4n) is 2.05. The average Bonchev–Trinajstić information content (AvgIpc) is 2.59. The van der Waals surface area contributed by atoms with Gasteiger partial charge in [0.2, 0.25) is 0 Å². The summed E-state index contributed by atoms with van der Waals surface area (Å²) in [7, 11) is -0.981. The minimum absolute atomic E-state index is 0.670. The molecule has 2 aromatic rings. The SMILES string of the molecule is Cc1cc2ccccc2n1COCC[Si](C)(C)C. The molecule has 0 saturated heterocycles. The third-order valence-corrected chi connectivity index (χ3v) is 4.94. The van der Waals surface area contributed by atoms with Crippen LogP contribution in [0.1, 0.15) is 5.69 Å². The summed E-state index contributed by atoms with van der Waals surface area (Å²) < 4.78 is 8.09. The Balaban J connectivity index is 2.01. The van der Waals surface area contributed by atoms with Crippen LogP contribution in [-0.2, 0) is 11.5 Å². The van der Waals surface area contributed by atoms with E-state index in [9.17, 15) is 0 Å². The first-order valence-electron chi connectivity index (χ1n) is 6.60. The highest BCUT2D eigenvalue weighted by atomic mass is 28.3. The molecule has 2 nitrogen and oxygen atoms in total. The summed E-state index contributed by atoms with van der Waals surface area (Å²) in [4.78, 5) is 0. The van der Waals surface area contributed by atoms with Gasteiger partial charge in [0, 0.05) is 20.4 Å². The van der Waals surface area contributed by atoms with Gasteiger partial charge >= 0.3 is 0 Å². The van der Waals surface area contributed by atoms with Crippen molar-refractivity contribution in [3.63, 3.8) is 0 Å². The highest BCUT2D eigenvalue weighted by molar-refractivity contribution is 6.76. The van der Waals surface area contributed by atoms with Crippen molar-refractivity contribution in [1.29, 1.82) is 0 Å². The molecule has 0 N–H and O–H groups in total. The van der Waals surface area contributed by atoms with E-state index in [4.69, 9.17) is 4.74 Å². The lowest BCUT2D eigenvalue weighted by Crippen LogP contribution is -2.22. The molecule has 0 amide bonds. The molecule has 0 aliphatic heterocycles. The predicted octanol–water partition coefficient (Wildman–Crippen LogP) is 4.26. The first-order valence-corrected chi connectivity index (χ1v) is 10.3. The number of para-hydroxylation sites is 1. The summed E-state index contributed by atoms with van der Waals surface area (Å²) in [6.45, 7) is 10.8. The Morgan fingerprint density at radius 1 is 1.17 bits per heavy atom. The van der Waals surface area contributed by atoms with Crippen LogP contribution in [0.2, 0.25) is 25.7 Å². The maximum atomic E-state index is 5.84. The zero-order valence-corrected chi connectivity index (χ0v) is 12.9. The van der Waals surface area contributed by atoms with Gasteiger partial charge in [0.15, 0.2) is 0 Å². The van der Waals surface area contributed by atoms with E-state index in [0.29, 0.717) is 6.73 Å². The standard InChI is InChI=1S/C15H23NOSi/c1-13-11-14-7-5-6-8-15(14)16(13)12-17-9-10-18(2,3)4/h5-8,11H,9-10,12H2,1-4H3. The number of hydrogen-bond donors (Lipinski definition) is 0. The largest absolute Gasteiger partial charge is 0.361 e. The minimum atomic E-state index is -0.981. The molecule has 3 heteroatoms. The van der Waals surface area contributed by atoms with Crippen LogP contribution in [0.4, 0.5) is 0 Å². The molecule has 0 spiro atoms. The molecule has 0 unspecified atom stereocenters. The third-order valence-electron chi connectivity index (χ3n) is 3.23. The smallest absolute Gasteiger partial charge is 0.123 e. The van der Waals surface area contributed by atoms with E-state index in [1.54, 1.807) is 0 Å². The lowest BCUT2D eigenvalue weighted by atomic mass is 10.2. The number of fused-ring (bicyclic) bond motifs is 1. The average molecular weight is 261 g/mol. The second-order valence-corrected chi connectivity index (χ2v) is 11.7. The van der Waals surface area contributed by atoms with E-state index < -0.39 is 8.07 Å². The van der Waals surface area contributed by atoms with Gasteiger partial charge in [-0.25, -0.2) is 0 Å². The van der Waals surface area contributed by atoms with Gasteiger partial charge in [-0.1, -0.05) is 37.8 Å². The highest BCUT2D eigenvalue weighted by Gasteiger charge is 2.12. The summed E-state index contributed by atoms with van der Waals surface area (Å²) in [5, 5.41) is 1.30. The van der Waals surface area contributed by atoms with Crippen LogP contribution in [0.15, 0.2) is 30.3 Å². The van der Waals surface area contributed by atoms with Crippen LogP contribution in [0.3, 0.4) is 0 Å². The molecule has 0 aliphatic rings. The predicted molar refractivity (Wildman–Crippen MR) is 80.8 cm³/mol. The Labute approximate surface area is 111 Å². The Morgan fingerprint density at radius 2 is 1.89 bits per heavy atom. The molecule has 0 bridgehead atoms. The fraction of sp³-hybridized carbons (Fsp3) is 0.467. The van der Waals surface area contributed by atoms with Crippen molar-refractivity contribution in [3.8, 4) is 0 Å². The van der Waals surface area contributed by atoms with Crippen LogP contribution in [0.25, 0.3) is 10.9 Å². The van der Waals surface area contributed by atoms with E-state index >= 15 is 0 Å². The Morgan fingerprint density at radius 3 is 2.61 bits per heavy atom. The summed E-state index contributed by atoms with van der Waals surface area (Å²) in [6.07, 6.45) is 0. The number of hydrogen-bond acceptors (Lipinski definition) is 1. The molecule has 0 fully saturated rings. The zero-order chi connectivity index (χ0) is 13.2. The Bertz CT molecular complexity index is 525. The van der Waals surface area contributed by atoms with Crippen molar-refractivity contribution in [1.82, 2.24) is 4.57 Å². The molecule has 1 heterocycles. The van der Waals surface area contributed by atoms with Crippen molar-refractivity contribution in [2.45, 2.75) is 39.3 Å². The quantitative estimate of drug-likeness (QED) is 0.579. The molecule has 0 atom stereocenters. The van der Waals surface area contributed by atoms with Crippen molar-refractivity contribution < 1.29 is 4.74 Å². The summed E-state index contributed by atoms with van der Waals surface area (Å²) in [5.41, 5.74) is 2.53. The Hall–Kier alpha value is -1.06. The van der Waals surface area contributed by atoms with E-state index in [1.807, 2.05) is 0 Å². The lowest BCUT2D eigenvalue weighted by Gasteiger charge is -2.16. The molecule has 98 valence electrons. The van der Waals surface area contributed by atoms with Crippen LogP contribution in [0.5, 0.6) is 0 Å². The first kappa shape index (κ1) is 13.4. The second kappa shape index (κ2) is 5.29. The summed E-state index contributed by atoms with van der Waals surface area (Å²) in [6, 6.07) is 11.9. The van der Waals surface area contributed by atoms with Crippen LogP contribution in [-0.4, -0.2) is 19.2 Å². The van der Waals surface area contributed by atoms with Gasteiger partial charge in [0.05, 0.1) is 5.52 Å². The summed E-state index contributed by atoms with van der Waals surface area (Å²) >= 11 is 0. The van der Waals surface area contributed by atoms with Gasteiger partial charge in [0.1, 0.15) is 6.73 Å².